The van der Waals surface area contributed by atoms with Crippen LogP contribution in [0.5, 0.6) is 0 Å². The largest absolute Gasteiger partial charge is 0.415 e. The van der Waals surface area contributed by atoms with E-state index in [4.69, 9.17) is 13.3 Å². The quantitative estimate of drug-likeness (QED) is 0.223. The van der Waals surface area contributed by atoms with Crippen molar-refractivity contribution in [3.8, 4) is 0 Å². The van der Waals surface area contributed by atoms with Crippen molar-refractivity contribution in [1.29, 1.82) is 0 Å². The Morgan fingerprint density at radius 2 is 1.27 bits per heavy atom. The first-order chi connectivity index (χ1) is 19.9. The Morgan fingerprint density at radius 1 is 0.705 bits per heavy atom. The van der Waals surface area contributed by atoms with Gasteiger partial charge in [-0.3, -0.25) is 0 Å². The van der Waals surface area contributed by atoms with E-state index in [1.807, 2.05) is 0 Å². The summed E-state index contributed by atoms with van der Waals surface area (Å²) < 4.78 is 21.2. The normalized spacial score (nSPS) is 42.9. The minimum atomic E-state index is -1.90. The van der Waals surface area contributed by atoms with Crippen molar-refractivity contribution in [3.63, 3.8) is 0 Å². The molecule has 258 valence electrons. The maximum Gasteiger partial charge on any atom is 0.184 e. The van der Waals surface area contributed by atoms with Gasteiger partial charge in [-0.2, -0.15) is 0 Å². The average molecular weight is 667 g/mol. The van der Waals surface area contributed by atoms with E-state index in [1.54, 1.807) is 0 Å². The van der Waals surface area contributed by atoms with E-state index in [2.05, 4.69) is 100 Å². The molecule has 0 aromatic rings. The van der Waals surface area contributed by atoms with Crippen molar-refractivity contribution in [2.24, 2.45) is 52.3 Å². The summed E-state index contributed by atoms with van der Waals surface area (Å²) in [6.45, 7) is 35.9. The summed E-state index contributed by atoms with van der Waals surface area (Å²) >= 11 is 0. The van der Waals surface area contributed by atoms with Crippen molar-refractivity contribution < 1.29 is 18.4 Å². The van der Waals surface area contributed by atoms with Crippen molar-refractivity contribution in [1.82, 2.24) is 0 Å². The third kappa shape index (κ3) is 7.39. The van der Waals surface area contributed by atoms with E-state index >= 15 is 0 Å². The molecule has 0 heterocycles. The molecule has 44 heavy (non-hydrogen) atoms. The van der Waals surface area contributed by atoms with Gasteiger partial charge in [-0.25, -0.2) is 0 Å². The number of rotatable bonds is 11. The lowest BCUT2D eigenvalue weighted by Crippen LogP contribution is -2.71. The van der Waals surface area contributed by atoms with Crippen LogP contribution in [0.1, 0.15) is 99.3 Å². The van der Waals surface area contributed by atoms with E-state index in [1.165, 1.54) is 25.7 Å². The molecule has 1 N–H and O–H groups in total. The summed E-state index contributed by atoms with van der Waals surface area (Å²) in [6.07, 6.45) is 10.5. The third-order valence-electron chi connectivity index (χ3n) is 13.3. The molecule has 4 aliphatic rings. The maximum atomic E-state index is 13.1. The Labute approximate surface area is 277 Å². The Hall–Kier alpha value is 0.491. The molecule has 0 spiro atoms. The van der Waals surface area contributed by atoms with Crippen molar-refractivity contribution in [2.75, 3.05) is 0 Å². The van der Waals surface area contributed by atoms with Crippen LogP contribution in [0.2, 0.25) is 58.9 Å². The molecule has 0 bridgehead atoms. The fourth-order valence-corrected chi connectivity index (χ4v) is 14.5. The van der Waals surface area contributed by atoms with Crippen LogP contribution in [0.3, 0.4) is 0 Å². The van der Waals surface area contributed by atoms with Crippen molar-refractivity contribution >= 4 is 25.0 Å². The fraction of sp³-hybridized carbons (Fsp3) is 1.00. The first-order valence-corrected chi connectivity index (χ1v) is 28.9. The minimum Gasteiger partial charge on any atom is -0.415 e. The first-order valence-electron chi connectivity index (χ1n) is 18.7. The highest BCUT2D eigenvalue weighted by Crippen LogP contribution is 2.70. The van der Waals surface area contributed by atoms with Gasteiger partial charge in [-0.05, 0) is 144 Å². The van der Waals surface area contributed by atoms with Gasteiger partial charge < -0.3 is 18.4 Å². The summed E-state index contributed by atoms with van der Waals surface area (Å²) in [6, 6.07) is 0. The number of aliphatic hydroxyl groups is 1. The zero-order valence-electron chi connectivity index (χ0n) is 31.8. The van der Waals surface area contributed by atoms with Crippen LogP contribution in [0.15, 0.2) is 0 Å². The second kappa shape index (κ2) is 12.7. The highest BCUT2D eigenvalue weighted by atomic mass is 28.4. The van der Waals surface area contributed by atoms with Crippen molar-refractivity contribution in [2.45, 2.75) is 182 Å². The second-order valence-corrected chi connectivity index (χ2v) is 33.4. The predicted octanol–water partition coefficient (Wildman–Crippen LogP) is 10.3. The van der Waals surface area contributed by atoms with Crippen LogP contribution in [0, 0.1) is 52.3 Å². The second-order valence-electron chi connectivity index (χ2n) is 20.0. The number of hydrogen-bond donors (Lipinski definition) is 1. The summed E-state index contributed by atoms with van der Waals surface area (Å²) in [4.78, 5) is 0. The molecule has 4 fully saturated rings. The molecule has 4 nitrogen and oxygen atoms in total. The zero-order valence-corrected chi connectivity index (χ0v) is 34.8. The molecule has 0 aliphatic heterocycles. The molecule has 12 unspecified atom stereocenters. The van der Waals surface area contributed by atoms with Crippen LogP contribution in [-0.4, -0.2) is 54.0 Å². The van der Waals surface area contributed by atoms with Crippen molar-refractivity contribution in [3.05, 3.63) is 0 Å². The number of hydrogen-bond acceptors (Lipinski definition) is 4. The van der Waals surface area contributed by atoms with Gasteiger partial charge in [0.1, 0.15) is 0 Å². The summed E-state index contributed by atoms with van der Waals surface area (Å²) in [5, 5.41) is 13.1. The maximum absolute atomic E-state index is 13.1. The van der Waals surface area contributed by atoms with Crippen LogP contribution >= 0.6 is 0 Å². The van der Waals surface area contributed by atoms with Crippen LogP contribution in [0.25, 0.3) is 0 Å². The van der Waals surface area contributed by atoms with Gasteiger partial charge >= 0.3 is 0 Å². The monoisotopic (exact) mass is 666 g/mol. The lowest BCUT2D eigenvalue weighted by atomic mass is 9.41. The van der Waals surface area contributed by atoms with Gasteiger partial charge in [-0.1, -0.05) is 54.4 Å². The first kappa shape index (κ1) is 37.3. The van der Waals surface area contributed by atoms with Gasteiger partial charge in [0, 0.05) is 17.9 Å². The summed E-state index contributed by atoms with van der Waals surface area (Å²) in [5.74, 6) is 4.66. The van der Waals surface area contributed by atoms with Crippen LogP contribution in [-0.2, 0) is 13.3 Å². The fourth-order valence-electron chi connectivity index (χ4n) is 11.0. The summed E-state index contributed by atoms with van der Waals surface area (Å²) in [5.41, 5.74) is -0.847. The van der Waals surface area contributed by atoms with E-state index in [0.29, 0.717) is 23.7 Å². The Morgan fingerprint density at radius 3 is 1.82 bits per heavy atom. The van der Waals surface area contributed by atoms with Gasteiger partial charge in [0.15, 0.2) is 25.0 Å². The molecule has 0 aromatic carbocycles. The Bertz CT molecular complexity index is 985. The molecule has 0 radical (unpaired) electrons. The molecule has 0 amide bonds. The molecule has 0 aromatic heterocycles. The summed E-state index contributed by atoms with van der Waals surface area (Å²) in [7, 11) is -5.41. The van der Waals surface area contributed by atoms with Gasteiger partial charge in [-0.15, -0.1) is 0 Å². The molecule has 4 aliphatic carbocycles. The van der Waals surface area contributed by atoms with Crippen LogP contribution in [0.4, 0.5) is 0 Å². The molecule has 12 atom stereocenters. The molecular weight excluding hydrogens is 593 g/mol. The van der Waals surface area contributed by atoms with E-state index in [0.717, 1.165) is 49.9 Å². The Kier molecular flexibility index (Phi) is 10.8. The molecule has 7 heteroatoms. The highest BCUT2D eigenvalue weighted by Gasteiger charge is 2.70. The molecule has 4 saturated carbocycles. The Balaban J connectivity index is 1.73. The zero-order chi connectivity index (χ0) is 33.3. The number of fused-ring (bicyclic) bond motifs is 5. The van der Waals surface area contributed by atoms with E-state index < -0.39 is 30.6 Å². The predicted molar refractivity (Wildman–Crippen MR) is 194 cm³/mol. The highest BCUT2D eigenvalue weighted by molar-refractivity contribution is 6.70. The lowest BCUT2D eigenvalue weighted by Gasteiger charge is -2.68. The molecular formula is C37H74O4Si3. The smallest absolute Gasteiger partial charge is 0.184 e. The lowest BCUT2D eigenvalue weighted by molar-refractivity contribution is -0.269. The van der Waals surface area contributed by atoms with Crippen LogP contribution < -0.4 is 0 Å². The van der Waals surface area contributed by atoms with E-state index in [-0.39, 0.29) is 29.1 Å². The molecule has 0 saturated heterocycles. The third-order valence-corrected chi connectivity index (χ3v) is 16.4. The topological polar surface area (TPSA) is 47.9 Å². The van der Waals surface area contributed by atoms with Gasteiger partial charge in [0.05, 0.1) is 17.8 Å². The SMILES string of the molecule is CC(C)C(C)CCC(C)C1CCC2C3CC(O[Si](C)(C)C)C4(O)CC(O[Si](C)(C)C)CCC4(C)C3CC(O[Si](C)(C)C)C12C. The average Bonchev–Trinajstić information content (AvgIpc) is 3.20. The molecule has 4 rings (SSSR count). The standard InChI is InChI=1S/C37H74O4Si3/c1-25(2)26(3)16-17-27(4)30-18-19-31-29-22-34(41-44(13,14)15)37(38)24-28(39-42(7,8)9)20-21-35(37,5)32(29)23-33(36(30,31)6)40-43(10,11)12/h25-34,38H,16-24H2,1-15H3. The van der Waals surface area contributed by atoms with Gasteiger partial charge in [0.25, 0.3) is 0 Å². The van der Waals surface area contributed by atoms with Gasteiger partial charge in [0.2, 0.25) is 0 Å². The minimum absolute atomic E-state index is 0.101. The van der Waals surface area contributed by atoms with E-state index in [9.17, 15) is 5.11 Å².